The van der Waals surface area contributed by atoms with Crippen molar-refractivity contribution in [2.45, 2.75) is 24.9 Å². The van der Waals surface area contributed by atoms with Gasteiger partial charge in [0.1, 0.15) is 0 Å². The van der Waals surface area contributed by atoms with Gasteiger partial charge in [-0.3, -0.25) is 9.88 Å². The molecule has 2 N–H and O–H groups in total. The Morgan fingerprint density at radius 2 is 1.90 bits per heavy atom. The minimum atomic E-state index is 0.239. The first-order valence-electron chi connectivity index (χ1n) is 7.41. The molecule has 0 spiro atoms. The lowest BCUT2D eigenvalue weighted by Crippen LogP contribution is -2.33. The van der Waals surface area contributed by atoms with E-state index in [4.69, 9.17) is 17.3 Å². The van der Waals surface area contributed by atoms with Crippen LogP contribution in [-0.2, 0) is 0 Å². The summed E-state index contributed by atoms with van der Waals surface area (Å²) in [7, 11) is 0. The van der Waals surface area contributed by atoms with Gasteiger partial charge in [0.15, 0.2) is 0 Å². The largest absolute Gasteiger partial charge is 0.329 e. The van der Waals surface area contributed by atoms with E-state index in [0.29, 0.717) is 12.6 Å². The van der Waals surface area contributed by atoms with Crippen molar-refractivity contribution in [2.75, 3.05) is 13.1 Å². The maximum atomic E-state index is 6.08. The van der Waals surface area contributed by atoms with Crippen molar-refractivity contribution < 1.29 is 0 Å². The van der Waals surface area contributed by atoms with Gasteiger partial charge in [0.2, 0.25) is 0 Å². The standard InChI is InChI=1S/C17H20ClN3/c18-15-5-3-13(4-6-15)17(12-19)21-11-1-2-16(21)14-7-9-20-10-8-14/h3-10,16-17H,1-2,11-12,19H2. The van der Waals surface area contributed by atoms with Gasteiger partial charge in [-0.05, 0) is 54.8 Å². The number of benzene rings is 1. The monoisotopic (exact) mass is 301 g/mol. The van der Waals surface area contributed by atoms with E-state index in [9.17, 15) is 0 Å². The van der Waals surface area contributed by atoms with Crippen molar-refractivity contribution in [2.24, 2.45) is 5.73 Å². The number of halogens is 1. The molecule has 21 heavy (non-hydrogen) atoms. The Bertz CT molecular complexity index is 570. The highest BCUT2D eigenvalue weighted by Crippen LogP contribution is 2.38. The van der Waals surface area contributed by atoms with Crippen LogP contribution in [0.5, 0.6) is 0 Å². The quantitative estimate of drug-likeness (QED) is 0.938. The third-order valence-corrected chi connectivity index (χ3v) is 4.52. The molecule has 2 unspecified atom stereocenters. The summed E-state index contributed by atoms with van der Waals surface area (Å²) >= 11 is 5.99. The third kappa shape index (κ3) is 3.10. The molecule has 0 aliphatic carbocycles. The van der Waals surface area contributed by atoms with Gasteiger partial charge in [-0.1, -0.05) is 23.7 Å². The van der Waals surface area contributed by atoms with Gasteiger partial charge < -0.3 is 5.73 Å². The molecular formula is C17H20ClN3. The van der Waals surface area contributed by atoms with Crippen molar-refractivity contribution in [3.05, 3.63) is 64.9 Å². The van der Waals surface area contributed by atoms with E-state index in [2.05, 4.69) is 34.1 Å². The van der Waals surface area contributed by atoms with Gasteiger partial charge in [-0.15, -0.1) is 0 Å². The van der Waals surface area contributed by atoms with Gasteiger partial charge in [0, 0.05) is 36.0 Å². The Balaban J connectivity index is 1.87. The van der Waals surface area contributed by atoms with Crippen LogP contribution in [-0.4, -0.2) is 23.0 Å². The average molecular weight is 302 g/mol. The van der Waals surface area contributed by atoms with Crippen LogP contribution < -0.4 is 5.73 Å². The molecule has 2 aromatic rings. The molecule has 1 aliphatic heterocycles. The maximum Gasteiger partial charge on any atom is 0.0476 e. The Morgan fingerprint density at radius 3 is 2.57 bits per heavy atom. The van der Waals surface area contributed by atoms with Crippen molar-refractivity contribution in [1.29, 1.82) is 0 Å². The molecule has 0 bridgehead atoms. The van der Waals surface area contributed by atoms with Crippen molar-refractivity contribution >= 4 is 11.6 Å². The molecule has 3 nitrogen and oxygen atoms in total. The molecule has 3 rings (SSSR count). The highest BCUT2D eigenvalue weighted by Gasteiger charge is 2.31. The van der Waals surface area contributed by atoms with Crippen molar-refractivity contribution in [3.8, 4) is 0 Å². The summed E-state index contributed by atoms with van der Waals surface area (Å²) in [6.07, 6.45) is 6.11. The molecular weight excluding hydrogens is 282 g/mol. The Hall–Kier alpha value is -1.42. The summed E-state index contributed by atoms with van der Waals surface area (Å²) in [6.45, 7) is 1.70. The molecule has 2 heterocycles. The number of likely N-dealkylation sites (tertiary alicyclic amines) is 1. The summed E-state index contributed by atoms with van der Waals surface area (Å²) < 4.78 is 0. The van der Waals surface area contributed by atoms with Gasteiger partial charge in [-0.2, -0.15) is 0 Å². The Morgan fingerprint density at radius 1 is 1.19 bits per heavy atom. The minimum Gasteiger partial charge on any atom is -0.329 e. The predicted octanol–water partition coefficient (Wildman–Crippen LogP) is 3.57. The lowest BCUT2D eigenvalue weighted by atomic mass is 10.0. The first kappa shape index (κ1) is 14.5. The zero-order chi connectivity index (χ0) is 14.7. The van der Waals surface area contributed by atoms with Crippen LogP contribution >= 0.6 is 11.6 Å². The predicted molar refractivity (Wildman–Crippen MR) is 86.2 cm³/mol. The maximum absolute atomic E-state index is 6.08. The minimum absolute atomic E-state index is 0.239. The number of hydrogen-bond donors (Lipinski definition) is 1. The number of nitrogens with zero attached hydrogens (tertiary/aromatic N) is 2. The van der Waals surface area contributed by atoms with Crippen molar-refractivity contribution in [3.63, 3.8) is 0 Å². The zero-order valence-electron chi connectivity index (χ0n) is 12.0. The molecule has 0 amide bonds. The molecule has 0 radical (unpaired) electrons. The van der Waals surface area contributed by atoms with E-state index in [1.807, 2.05) is 24.5 Å². The lowest BCUT2D eigenvalue weighted by Gasteiger charge is -2.33. The van der Waals surface area contributed by atoms with Crippen LogP contribution in [0.25, 0.3) is 0 Å². The molecule has 1 aromatic carbocycles. The first-order valence-corrected chi connectivity index (χ1v) is 7.78. The molecule has 4 heteroatoms. The average Bonchev–Trinajstić information content (AvgIpc) is 3.00. The molecule has 1 aromatic heterocycles. The molecule has 0 saturated carbocycles. The summed E-state index contributed by atoms with van der Waals surface area (Å²) in [5, 5.41) is 0.765. The van der Waals surface area contributed by atoms with Crippen LogP contribution in [0.2, 0.25) is 5.02 Å². The fourth-order valence-electron chi connectivity index (χ4n) is 3.25. The Labute approximate surface area is 130 Å². The molecule has 1 aliphatic rings. The first-order chi connectivity index (χ1) is 10.3. The number of pyridine rings is 1. The van der Waals surface area contributed by atoms with Crippen molar-refractivity contribution in [1.82, 2.24) is 9.88 Å². The normalized spacial score (nSPS) is 20.6. The van der Waals surface area contributed by atoms with Crippen LogP contribution in [0, 0.1) is 0 Å². The lowest BCUT2D eigenvalue weighted by molar-refractivity contribution is 0.185. The van der Waals surface area contributed by atoms with Crippen LogP contribution in [0.1, 0.15) is 36.1 Å². The SMILES string of the molecule is NCC(c1ccc(Cl)cc1)N1CCCC1c1ccncc1. The summed E-state index contributed by atoms with van der Waals surface area (Å²) in [4.78, 5) is 6.63. The number of rotatable bonds is 4. The summed E-state index contributed by atoms with van der Waals surface area (Å²) in [5.41, 5.74) is 8.64. The topological polar surface area (TPSA) is 42.1 Å². The van der Waals surface area contributed by atoms with E-state index < -0.39 is 0 Å². The van der Waals surface area contributed by atoms with Gasteiger partial charge >= 0.3 is 0 Å². The van der Waals surface area contributed by atoms with Crippen LogP contribution in [0.15, 0.2) is 48.8 Å². The summed E-state index contributed by atoms with van der Waals surface area (Å²) in [5.74, 6) is 0. The van der Waals surface area contributed by atoms with Gasteiger partial charge in [-0.25, -0.2) is 0 Å². The second kappa shape index (κ2) is 6.56. The van der Waals surface area contributed by atoms with E-state index in [1.54, 1.807) is 0 Å². The van der Waals surface area contributed by atoms with E-state index >= 15 is 0 Å². The fourth-order valence-corrected chi connectivity index (χ4v) is 3.38. The van der Waals surface area contributed by atoms with E-state index in [-0.39, 0.29) is 6.04 Å². The van der Waals surface area contributed by atoms with E-state index in [1.165, 1.54) is 24.0 Å². The smallest absolute Gasteiger partial charge is 0.0476 e. The summed E-state index contributed by atoms with van der Waals surface area (Å²) in [6, 6.07) is 12.9. The van der Waals surface area contributed by atoms with E-state index in [0.717, 1.165) is 11.6 Å². The Kier molecular flexibility index (Phi) is 4.54. The molecule has 2 atom stereocenters. The fraction of sp³-hybridized carbons (Fsp3) is 0.353. The highest BCUT2D eigenvalue weighted by atomic mass is 35.5. The zero-order valence-corrected chi connectivity index (χ0v) is 12.7. The van der Waals surface area contributed by atoms with Gasteiger partial charge in [0.05, 0.1) is 0 Å². The number of nitrogens with two attached hydrogens (primary N) is 1. The number of hydrogen-bond acceptors (Lipinski definition) is 3. The van der Waals surface area contributed by atoms with Crippen LogP contribution in [0.4, 0.5) is 0 Å². The molecule has 1 fully saturated rings. The second-order valence-electron chi connectivity index (χ2n) is 5.48. The molecule has 1 saturated heterocycles. The molecule has 110 valence electrons. The number of aromatic nitrogens is 1. The second-order valence-corrected chi connectivity index (χ2v) is 5.92. The highest BCUT2D eigenvalue weighted by molar-refractivity contribution is 6.30. The van der Waals surface area contributed by atoms with Gasteiger partial charge in [0.25, 0.3) is 0 Å². The third-order valence-electron chi connectivity index (χ3n) is 4.26. The van der Waals surface area contributed by atoms with Crippen LogP contribution in [0.3, 0.4) is 0 Å².